The van der Waals surface area contributed by atoms with Crippen molar-refractivity contribution in [3.63, 3.8) is 0 Å². The quantitative estimate of drug-likeness (QED) is 0.748. The van der Waals surface area contributed by atoms with Crippen molar-refractivity contribution in [3.8, 4) is 0 Å². The average Bonchev–Trinajstić information content (AvgIpc) is 2.25. The number of hydrogen-bond acceptors (Lipinski definition) is 0. The van der Waals surface area contributed by atoms with E-state index >= 15 is 0 Å². The molecule has 0 bridgehead atoms. The largest absolute Gasteiger partial charge is 0.0619 e. The first-order valence-electron chi connectivity index (χ1n) is 5.46. The topological polar surface area (TPSA) is 0 Å². The normalized spacial score (nSPS) is 10.4. The second-order valence-electron chi connectivity index (χ2n) is 4.20. The van der Waals surface area contributed by atoms with E-state index in [1.807, 2.05) is 0 Å². The fraction of sp³-hybridized carbons (Fsp3) is 0.200. The Morgan fingerprint density at radius 2 is 1.69 bits per heavy atom. The fourth-order valence-corrected chi connectivity index (χ4v) is 2.32. The van der Waals surface area contributed by atoms with E-state index in [0.29, 0.717) is 0 Å². The van der Waals surface area contributed by atoms with Crippen LogP contribution in [0.3, 0.4) is 0 Å². The maximum Gasteiger partial charge on any atom is 0.0210 e. The molecule has 0 radical (unpaired) electrons. The van der Waals surface area contributed by atoms with Crippen LogP contribution in [0.5, 0.6) is 0 Å². The van der Waals surface area contributed by atoms with Crippen molar-refractivity contribution in [2.75, 3.05) is 0 Å². The predicted octanol–water partition coefficient (Wildman–Crippen LogP) is 4.66. The molecule has 82 valence electrons. The lowest BCUT2D eigenvalue weighted by atomic mass is 9.99. The van der Waals surface area contributed by atoms with Gasteiger partial charge in [0.15, 0.2) is 0 Å². The molecule has 0 nitrogen and oxygen atoms in total. The second kappa shape index (κ2) is 4.84. The van der Waals surface area contributed by atoms with Crippen molar-refractivity contribution < 1.29 is 0 Å². The summed E-state index contributed by atoms with van der Waals surface area (Å²) in [5.74, 6) is 0. The highest BCUT2D eigenvalue weighted by Crippen LogP contribution is 2.21. The molecule has 0 unspecified atom stereocenters. The van der Waals surface area contributed by atoms with E-state index in [1.165, 1.54) is 26.7 Å². The van der Waals surface area contributed by atoms with Crippen LogP contribution < -0.4 is 0 Å². The van der Waals surface area contributed by atoms with Crippen molar-refractivity contribution in [3.05, 3.63) is 69.2 Å². The van der Waals surface area contributed by atoms with Crippen LogP contribution in [0.2, 0.25) is 0 Å². The second-order valence-corrected chi connectivity index (χ2v) is 5.05. The van der Waals surface area contributed by atoms with Gasteiger partial charge in [-0.05, 0) is 43.0 Å². The van der Waals surface area contributed by atoms with Crippen LogP contribution in [0.25, 0.3) is 0 Å². The van der Waals surface area contributed by atoms with Gasteiger partial charge in [-0.15, -0.1) is 0 Å². The van der Waals surface area contributed by atoms with Crippen molar-refractivity contribution in [1.29, 1.82) is 0 Å². The third kappa shape index (κ3) is 2.53. The Kier molecular flexibility index (Phi) is 3.45. The Bertz CT molecular complexity index is 501. The molecule has 0 atom stereocenters. The average molecular weight is 275 g/mol. The molecule has 0 aliphatic carbocycles. The van der Waals surface area contributed by atoms with Gasteiger partial charge in [0.05, 0.1) is 0 Å². The van der Waals surface area contributed by atoms with Crippen LogP contribution in [0.15, 0.2) is 46.9 Å². The third-order valence-electron chi connectivity index (χ3n) is 2.84. The molecule has 2 rings (SSSR count). The molecule has 0 N–H and O–H groups in total. The summed E-state index contributed by atoms with van der Waals surface area (Å²) in [6.45, 7) is 4.31. The van der Waals surface area contributed by atoms with Gasteiger partial charge in [-0.25, -0.2) is 0 Å². The van der Waals surface area contributed by atoms with Gasteiger partial charge in [0.2, 0.25) is 0 Å². The monoisotopic (exact) mass is 274 g/mol. The van der Waals surface area contributed by atoms with Gasteiger partial charge in [0.25, 0.3) is 0 Å². The van der Waals surface area contributed by atoms with Crippen LogP contribution in [0, 0.1) is 13.8 Å². The van der Waals surface area contributed by atoms with E-state index in [4.69, 9.17) is 0 Å². The van der Waals surface area contributed by atoms with Crippen molar-refractivity contribution in [2.45, 2.75) is 20.3 Å². The molecule has 0 saturated heterocycles. The maximum atomic E-state index is 3.59. The molecule has 1 heteroatoms. The summed E-state index contributed by atoms with van der Waals surface area (Å²) in [6.07, 6.45) is 0.994. The molecule has 0 fully saturated rings. The highest BCUT2D eigenvalue weighted by atomic mass is 79.9. The number of aryl methyl sites for hydroxylation is 2. The standard InChI is InChI=1S/C15H15Br/c1-11-7-8-13(12(2)9-11)10-14-5-3-4-6-15(14)16/h3-9H,10H2,1-2H3. The Balaban J connectivity index is 2.31. The molecular weight excluding hydrogens is 260 g/mol. The van der Waals surface area contributed by atoms with Gasteiger partial charge in [-0.1, -0.05) is 57.9 Å². The van der Waals surface area contributed by atoms with E-state index in [0.717, 1.165) is 6.42 Å². The summed E-state index contributed by atoms with van der Waals surface area (Å²) >= 11 is 3.59. The molecule has 0 saturated carbocycles. The van der Waals surface area contributed by atoms with Gasteiger partial charge in [-0.2, -0.15) is 0 Å². The molecule has 16 heavy (non-hydrogen) atoms. The summed E-state index contributed by atoms with van der Waals surface area (Å²) in [6, 6.07) is 15.1. The molecule has 2 aromatic carbocycles. The first kappa shape index (κ1) is 11.4. The summed E-state index contributed by atoms with van der Waals surface area (Å²) < 4.78 is 1.19. The Morgan fingerprint density at radius 3 is 2.38 bits per heavy atom. The van der Waals surface area contributed by atoms with Crippen molar-refractivity contribution in [2.24, 2.45) is 0 Å². The summed E-state index contributed by atoms with van der Waals surface area (Å²) in [7, 11) is 0. The van der Waals surface area contributed by atoms with Crippen LogP contribution in [0.1, 0.15) is 22.3 Å². The summed E-state index contributed by atoms with van der Waals surface area (Å²) in [5.41, 5.74) is 5.44. The summed E-state index contributed by atoms with van der Waals surface area (Å²) in [4.78, 5) is 0. The predicted molar refractivity (Wildman–Crippen MR) is 72.9 cm³/mol. The maximum absolute atomic E-state index is 3.59. The minimum Gasteiger partial charge on any atom is -0.0619 e. The first-order valence-corrected chi connectivity index (χ1v) is 6.25. The lowest BCUT2D eigenvalue weighted by Crippen LogP contribution is -1.93. The number of rotatable bonds is 2. The van der Waals surface area contributed by atoms with Gasteiger partial charge in [-0.3, -0.25) is 0 Å². The Morgan fingerprint density at radius 1 is 0.938 bits per heavy atom. The molecule has 0 amide bonds. The fourth-order valence-electron chi connectivity index (χ4n) is 1.89. The minimum absolute atomic E-state index is 0.994. The van der Waals surface area contributed by atoms with Gasteiger partial charge in [0.1, 0.15) is 0 Å². The van der Waals surface area contributed by atoms with Crippen LogP contribution in [-0.2, 0) is 6.42 Å². The number of benzene rings is 2. The Hall–Kier alpha value is -1.08. The molecule has 0 spiro atoms. The minimum atomic E-state index is 0.994. The van der Waals surface area contributed by atoms with Gasteiger partial charge < -0.3 is 0 Å². The van der Waals surface area contributed by atoms with E-state index in [-0.39, 0.29) is 0 Å². The van der Waals surface area contributed by atoms with E-state index in [9.17, 15) is 0 Å². The van der Waals surface area contributed by atoms with Crippen molar-refractivity contribution >= 4 is 15.9 Å². The zero-order chi connectivity index (χ0) is 11.5. The molecule has 2 aromatic rings. The molecule has 0 aliphatic heterocycles. The van der Waals surface area contributed by atoms with E-state index in [1.54, 1.807) is 0 Å². The third-order valence-corrected chi connectivity index (χ3v) is 3.61. The molecule has 0 heterocycles. The van der Waals surface area contributed by atoms with Crippen LogP contribution in [0.4, 0.5) is 0 Å². The van der Waals surface area contributed by atoms with E-state index < -0.39 is 0 Å². The van der Waals surface area contributed by atoms with E-state index in [2.05, 4.69) is 72.2 Å². The molecular formula is C15H15Br. The van der Waals surface area contributed by atoms with Crippen LogP contribution in [-0.4, -0.2) is 0 Å². The van der Waals surface area contributed by atoms with Crippen LogP contribution >= 0.6 is 15.9 Å². The van der Waals surface area contributed by atoms with Gasteiger partial charge in [0, 0.05) is 4.47 Å². The zero-order valence-electron chi connectivity index (χ0n) is 9.63. The lowest BCUT2D eigenvalue weighted by Gasteiger charge is -2.08. The molecule has 0 aromatic heterocycles. The smallest absolute Gasteiger partial charge is 0.0210 e. The zero-order valence-corrected chi connectivity index (χ0v) is 11.2. The summed E-state index contributed by atoms with van der Waals surface area (Å²) in [5, 5.41) is 0. The number of hydrogen-bond donors (Lipinski definition) is 0. The Labute approximate surface area is 105 Å². The highest BCUT2D eigenvalue weighted by Gasteiger charge is 2.03. The first-order chi connectivity index (χ1) is 7.66. The van der Waals surface area contributed by atoms with Gasteiger partial charge >= 0.3 is 0 Å². The highest BCUT2D eigenvalue weighted by molar-refractivity contribution is 9.10. The lowest BCUT2D eigenvalue weighted by molar-refractivity contribution is 1.14. The molecule has 0 aliphatic rings. The van der Waals surface area contributed by atoms with Crippen molar-refractivity contribution in [1.82, 2.24) is 0 Å². The SMILES string of the molecule is Cc1ccc(Cc2ccccc2Br)c(C)c1. The number of halogens is 1.